The molecule has 2 N–H and O–H groups in total. The standard InChI is InChI=1S/C20H23NO4.C10H12O3.C5H11N/c1-15-2-5-17(6-3-15)23-11-9-20(22)21-10-8-16-4-7-18-19(14-16)25-13-12-24-18;1-8-2-4-9(5-3-8)13-7-6-10(11)12;1-6-4-2-3-5-6/h2-7,14H,8-13H2,1H3,(H,21,22);2-5H,6-7H2,1H3,(H,11,12);2-5H2,1H3. The molecule has 0 aromatic heterocycles. The largest absolute Gasteiger partial charge is 0.493 e. The highest BCUT2D eigenvalue weighted by molar-refractivity contribution is 5.76. The summed E-state index contributed by atoms with van der Waals surface area (Å²) in [5, 5.41) is 11.3. The average molecular weight is 607 g/mol. The van der Waals surface area contributed by atoms with Gasteiger partial charge in [0, 0.05) is 6.54 Å². The van der Waals surface area contributed by atoms with Gasteiger partial charge < -0.3 is 34.3 Å². The topological polar surface area (TPSA) is 107 Å². The van der Waals surface area contributed by atoms with Crippen molar-refractivity contribution < 1.29 is 33.6 Å². The summed E-state index contributed by atoms with van der Waals surface area (Å²) in [5.74, 6) is 2.21. The number of carbonyl (C=O) groups is 2. The molecular formula is C35H46N2O7. The second kappa shape index (κ2) is 19.1. The van der Waals surface area contributed by atoms with E-state index in [1.54, 1.807) is 0 Å². The fourth-order valence-electron chi connectivity index (χ4n) is 4.34. The number of carboxylic acids is 1. The Labute approximate surface area is 261 Å². The Morgan fingerprint density at radius 2 is 1.34 bits per heavy atom. The van der Waals surface area contributed by atoms with Crippen LogP contribution >= 0.6 is 0 Å². The van der Waals surface area contributed by atoms with Crippen LogP contribution in [0.15, 0.2) is 66.7 Å². The first kappa shape index (κ1) is 34.3. The molecule has 0 radical (unpaired) electrons. The number of rotatable bonds is 11. The van der Waals surface area contributed by atoms with Gasteiger partial charge in [0.2, 0.25) is 5.91 Å². The van der Waals surface area contributed by atoms with Crippen molar-refractivity contribution >= 4 is 11.9 Å². The Hall–Kier alpha value is -4.24. The molecule has 0 saturated carbocycles. The quantitative estimate of drug-likeness (QED) is 0.297. The van der Waals surface area contributed by atoms with Crippen molar-refractivity contribution in [3.8, 4) is 23.0 Å². The van der Waals surface area contributed by atoms with Crippen LogP contribution in [0.5, 0.6) is 23.0 Å². The first-order chi connectivity index (χ1) is 21.3. The molecule has 0 bridgehead atoms. The van der Waals surface area contributed by atoms with E-state index >= 15 is 0 Å². The fraction of sp³-hybridized carbons (Fsp3) is 0.429. The van der Waals surface area contributed by atoms with Crippen LogP contribution in [-0.2, 0) is 16.0 Å². The van der Waals surface area contributed by atoms with Gasteiger partial charge in [-0.2, -0.15) is 0 Å². The number of hydrogen-bond acceptors (Lipinski definition) is 7. The molecule has 0 atom stereocenters. The Morgan fingerprint density at radius 1 is 0.795 bits per heavy atom. The lowest BCUT2D eigenvalue weighted by Crippen LogP contribution is -2.27. The van der Waals surface area contributed by atoms with E-state index in [0.717, 1.165) is 34.8 Å². The molecule has 0 spiro atoms. The van der Waals surface area contributed by atoms with Gasteiger partial charge in [-0.15, -0.1) is 0 Å². The third kappa shape index (κ3) is 13.8. The molecule has 0 unspecified atom stereocenters. The predicted molar refractivity (Wildman–Crippen MR) is 171 cm³/mol. The van der Waals surface area contributed by atoms with Gasteiger partial charge in [0.15, 0.2) is 11.5 Å². The molecule has 2 heterocycles. The number of amides is 1. The normalized spacial score (nSPS) is 13.4. The van der Waals surface area contributed by atoms with Crippen molar-refractivity contribution in [2.75, 3.05) is 53.1 Å². The van der Waals surface area contributed by atoms with E-state index in [1.807, 2.05) is 80.6 Å². The summed E-state index contributed by atoms with van der Waals surface area (Å²) in [6.07, 6.45) is 3.96. The van der Waals surface area contributed by atoms with Crippen LogP contribution in [-0.4, -0.2) is 75.0 Å². The molecule has 1 amide bonds. The highest BCUT2D eigenvalue weighted by atomic mass is 16.6. The summed E-state index contributed by atoms with van der Waals surface area (Å²) < 4.78 is 21.8. The van der Waals surface area contributed by atoms with Crippen LogP contribution in [0, 0.1) is 13.8 Å². The number of nitrogens with zero attached hydrogens (tertiary/aromatic N) is 1. The summed E-state index contributed by atoms with van der Waals surface area (Å²) in [6, 6.07) is 21.2. The van der Waals surface area contributed by atoms with Crippen molar-refractivity contribution in [1.82, 2.24) is 10.2 Å². The molecule has 0 aliphatic carbocycles. The molecule has 3 aromatic carbocycles. The maximum absolute atomic E-state index is 11.9. The minimum Gasteiger partial charge on any atom is -0.493 e. The SMILES string of the molecule is CN1CCCC1.Cc1ccc(OCCC(=O)NCCc2ccc3c(c2)OCCO3)cc1.Cc1ccc(OCCC(=O)O)cc1. The number of aliphatic carboxylic acids is 1. The fourth-order valence-corrected chi connectivity index (χ4v) is 4.34. The molecule has 3 aromatic rings. The number of ether oxygens (including phenoxy) is 4. The molecule has 2 aliphatic heterocycles. The first-order valence-corrected chi connectivity index (χ1v) is 15.2. The third-order valence-electron chi connectivity index (χ3n) is 6.90. The van der Waals surface area contributed by atoms with Gasteiger partial charge >= 0.3 is 5.97 Å². The van der Waals surface area contributed by atoms with Gasteiger partial charge in [-0.05, 0) is 95.2 Å². The van der Waals surface area contributed by atoms with Gasteiger partial charge in [-0.25, -0.2) is 0 Å². The Bertz CT molecular complexity index is 1270. The minimum absolute atomic E-state index is 0.00958. The van der Waals surface area contributed by atoms with E-state index in [-0.39, 0.29) is 18.9 Å². The zero-order valence-corrected chi connectivity index (χ0v) is 26.2. The number of hydrogen-bond donors (Lipinski definition) is 2. The van der Waals surface area contributed by atoms with Gasteiger partial charge in [0.1, 0.15) is 24.7 Å². The molecular weight excluding hydrogens is 560 g/mol. The third-order valence-corrected chi connectivity index (χ3v) is 6.90. The summed E-state index contributed by atoms with van der Waals surface area (Å²) in [6.45, 7) is 9.00. The van der Waals surface area contributed by atoms with Gasteiger partial charge in [-0.3, -0.25) is 9.59 Å². The molecule has 238 valence electrons. The number of carboxylic acid groups (broad SMARTS) is 1. The summed E-state index contributed by atoms with van der Waals surface area (Å²) in [7, 11) is 2.17. The van der Waals surface area contributed by atoms with Gasteiger partial charge in [-0.1, -0.05) is 41.5 Å². The Morgan fingerprint density at radius 3 is 1.86 bits per heavy atom. The van der Waals surface area contributed by atoms with Crippen LogP contribution in [0.25, 0.3) is 0 Å². The van der Waals surface area contributed by atoms with Crippen LogP contribution in [0.2, 0.25) is 0 Å². The zero-order chi connectivity index (χ0) is 31.6. The first-order valence-electron chi connectivity index (χ1n) is 15.2. The van der Waals surface area contributed by atoms with Crippen LogP contribution in [0.3, 0.4) is 0 Å². The summed E-state index contributed by atoms with van der Waals surface area (Å²) >= 11 is 0. The van der Waals surface area contributed by atoms with Crippen molar-refractivity contribution in [3.05, 3.63) is 83.4 Å². The number of nitrogens with one attached hydrogen (secondary N) is 1. The number of likely N-dealkylation sites (tertiary alicyclic amines) is 1. The highest BCUT2D eigenvalue weighted by Gasteiger charge is 2.11. The zero-order valence-electron chi connectivity index (χ0n) is 26.2. The number of fused-ring (bicyclic) bond motifs is 1. The maximum Gasteiger partial charge on any atom is 0.306 e. The lowest BCUT2D eigenvalue weighted by molar-refractivity contribution is -0.137. The van der Waals surface area contributed by atoms with E-state index in [0.29, 0.717) is 38.5 Å². The van der Waals surface area contributed by atoms with Crippen molar-refractivity contribution in [1.29, 1.82) is 0 Å². The average Bonchev–Trinajstić information content (AvgIpc) is 3.50. The lowest BCUT2D eigenvalue weighted by atomic mass is 10.1. The molecule has 1 saturated heterocycles. The Kier molecular flexibility index (Phi) is 14.9. The van der Waals surface area contributed by atoms with Gasteiger partial charge in [0.05, 0.1) is 26.1 Å². The van der Waals surface area contributed by atoms with Crippen molar-refractivity contribution in [2.24, 2.45) is 0 Å². The molecule has 9 heteroatoms. The second-order valence-corrected chi connectivity index (χ2v) is 10.8. The second-order valence-electron chi connectivity index (χ2n) is 10.8. The minimum atomic E-state index is -0.841. The van der Waals surface area contributed by atoms with E-state index < -0.39 is 5.97 Å². The maximum atomic E-state index is 11.9. The lowest BCUT2D eigenvalue weighted by Gasteiger charge is -2.18. The van der Waals surface area contributed by atoms with E-state index in [4.69, 9.17) is 24.1 Å². The molecule has 44 heavy (non-hydrogen) atoms. The summed E-state index contributed by atoms with van der Waals surface area (Å²) in [5.41, 5.74) is 3.45. The number of benzene rings is 3. The molecule has 9 nitrogen and oxygen atoms in total. The van der Waals surface area contributed by atoms with Crippen LogP contribution < -0.4 is 24.3 Å². The van der Waals surface area contributed by atoms with E-state index in [1.165, 1.54) is 31.5 Å². The number of aryl methyl sites for hydroxylation is 2. The van der Waals surface area contributed by atoms with Crippen molar-refractivity contribution in [3.63, 3.8) is 0 Å². The van der Waals surface area contributed by atoms with Crippen molar-refractivity contribution in [2.45, 2.75) is 46.0 Å². The monoisotopic (exact) mass is 606 g/mol. The van der Waals surface area contributed by atoms with E-state index in [2.05, 4.69) is 17.3 Å². The number of carbonyl (C=O) groups excluding carboxylic acids is 1. The smallest absolute Gasteiger partial charge is 0.306 e. The van der Waals surface area contributed by atoms with Crippen LogP contribution in [0.4, 0.5) is 0 Å². The predicted octanol–water partition coefficient (Wildman–Crippen LogP) is 5.45. The highest BCUT2D eigenvalue weighted by Crippen LogP contribution is 2.30. The van der Waals surface area contributed by atoms with Crippen LogP contribution in [0.1, 0.15) is 42.4 Å². The van der Waals surface area contributed by atoms with Gasteiger partial charge in [0.25, 0.3) is 0 Å². The Balaban J connectivity index is 0.000000230. The molecule has 2 aliphatic rings. The molecule has 1 fully saturated rings. The van der Waals surface area contributed by atoms with E-state index in [9.17, 15) is 9.59 Å². The molecule has 5 rings (SSSR count). The summed E-state index contributed by atoms with van der Waals surface area (Å²) in [4.78, 5) is 24.4.